The van der Waals surface area contributed by atoms with Crippen LogP contribution in [0, 0.1) is 6.92 Å². The molecule has 27 heavy (non-hydrogen) atoms. The standard InChI is InChI=1S/C20H24N2O4S/c1-14-2-3-18(27-14)15-10-16-12-21(4-9-26-20(16)17(23)11-15)13-19(24)22-5-7-25-8-6-22/h2-3,10-11,23H,4-9,12-13H2,1H3. The smallest absolute Gasteiger partial charge is 0.236 e. The van der Waals surface area contributed by atoms with Crippen LogP contribution in [0.15, 0.2) is 24.3 Å². The highest BCUT2D eigenvalue weighted by Gasteiger charge is 2.24. The van der Waals surface area contributed by atoms with Gasteiger partial charge in [0, 0.05) is 41.5 Å². The molecule has 1 aromatic heterocycles. The van der Waals surface area contributed by atoms with Gasteiger partial charge in [0.05, 0.1) is 19.8 Å². The first-order chi connectivity index (χ1) is 13.1. The van der Waals surface area contributed by atoms with E-state index in [9.17, 15) is 9.90 Å². The number of ether oxygens (including phenoxy) is 2. The van der Waals surface area contributed by atoms with Crippen LogP contribution in [0.4, 0.5) is 0 Å². The van der Waals surface area contributed by atoms with Crippen LogP contribution in [0.25, 0.3) is 10.4 Å². The highest BCUT2D eigenvalue weighted by Crippen LogP contribution is 2.39. The van der Waals surface area contributed by atoms with Gasteiger partial charge in [-0.05, 0) is 36.8 Å². The zero-order valence-electron chi connectivity index (χ0n) is 15.4. The lowest BCUT2D eigenvalue weighted by Crippen LogP contribution is -2.46. The van der Waals surface area contributed by atoms with Gasteiger partial charge in [0.1, 0.15) is 6.61 Å². The van der Waals surface area contributed by atoms with E-state index in [4.69, 9.17) is 9.47 Å². The summed E-state index contributed by atoms with van der Waals surface area (Å²) in [5, 5.41) is 10.5. The number of hydrogen-bond donors (Lipinski definition) is 1. The molecule has 0 spiro atoms. The predicted molar refractivity (Wildman–Crippen MR) is 104 cm³/mol. The molecule has 1 amide bonds. The number of hydrogen-bond acceptors (Lipinski definition) is 6. The normalized spacial score (nSPS) is 17.9. The third kappa shape index (κ3) is 4.10. The molecule has 6 nitrogen and oxygen atoms in total. The topological polar surface area (TPSA) is 62.2 Å². The van der Waals surface area contributed by atoms with Gasteiger partial charge in [-0.3, -0.25) is 9.69 Å². The van der Waals surface area contributed by atoms with Crippen molar-refractivity contribution in [3.05, 3.63) is 34.7 Å². The molecule has 1 N–H and O–H groups in total. The van der Waals surface area contributed by atoms with Crippen molar-refractivity contribution in [1.29, 1.82) is 0 Å². The molecule has 0 saturated carbocycles. The van der Waals surface area contributed by atoms with Crippen molar-refractivity contribution < 1.29 is 19.4 Å². The van der Waals surface area contributed by atoms with Gasteiger partial charge in [0.2, 0.25) is 5.91 Å². The van der Waals surface area contributed by atoms with E-state index in [0.29, 0.717) is 58.3 Å². The summed E-state index contributed by atoms with van der Waals surface area (Å²) >= 11 is 1.70. The molecule has 2 aliphatic rings. The number of aryl methyl sites for hydroxylation is 1. The minimum atomic E-state index is 0.121. The van der Waals surface area contributed by atoms with Gasteiger partial charge in [-0.2, -0.15) is 0 Å². The molecule has 0 unspecified atom stereocenters. The average molecular weight is 388 g/mol. The number of rotatable bonds is 3. The number of thiophene rings is 1. The van der Waals surface area contributed by atoms with Crippen molar-refractivity contribution in [1.82, 2.24) is 9.80 Å². The van der Waals surface area contributed by atoms with Gasteiger partial charge < -0.3 is 19.5 Å². The maximum Gasteiger partial charge on any atom is 0.236 e. The number of carbonyl (C=O) groups excluding carboxylic acids is 1. The van der Waals surface area contributed by atoms with Gasteiger partial charge in [0.15, 0.2) is 11.5 Å². The Bertz CT molecular complexity index is 829. The summed E-state index contributed by atoms with van der Waals surface area (Å²) in [4.78, 5) is 18.9. The molecule has 1 fully saturated rings. The second kappa shape index (κ2) is 7.88. The Morgan fingerprint density at radius 1 is 1.19 bits per heavy atom. The quantitative estimate of drug-likeness (QED) is 0.875. The molecule has 0 bridgehead atoms. The lowest BCUT2D eigenvalue weighted by Gasteiger charge is -2.29. The molecule has 144 valence electrons. The Kier molecular flexibility index (Phi) is 5.33. The fourth-order valence-corrected chi connectivity index (χ4v) is 4.38. The van der Waals surface area contributed by atoms with E-state index < -0.39 is 0 Å². The van der Waals surface area contributed by atoms with Crippen LogP contribution in [0.1, 0.15) is 10.4 Å². The number of benzene rings is 1. The van der Waals surface area contributed by atoms with E-state index in [1.165, 1.54) is 4.88 Å². The number of phenolic OH excluding ortho intramolecular Hbond substituents is 1. The number of fused-ring (bicyclic) bond motifs is 1. The van der Waals surface area contributed by atoms with Crippen molar-refractivity contribution in [3.8, 4) is 21.9 Å². The third-order valence-corrected chi connectivity index (χ3v) is 5.99. The first kappa shape index (κ1) is 18.3. The van der Waals surface area contributed by atoms with Crippen molar-refractivity contribution in [2.24, 2.45) is 0 Å². The molecule has 7 heteroatoms. The molecule has 0 atom stereocenters. The van der Waals surface area contributed by atoms with Crippen molar-refractivity contribution in [2.75, 3.05) is 46.0 Å². The van der Waals surface area contributed by atoms with Crippen molar-refractivity contribution in [3.63, 3.8) is 0 Å². The van der Waals surface area contributed by atoms with E-state index in [1.54, 1.807) is 17.4 Å². The fourth-order valence-electron chi connectivity index (χ4n) is 3.52. The SMILES string of the molecule is Cc1ccc(-c2cc(O)c3c(c2)CN(CC(=O)N2CCOCC2)CCO3)s1. The number of aromatic hydroxyl groups is 1. The van der Waals surface area contributed by atoms with Crippen LogP contribution in [-0.4, -0.2) is 66.8 Å². The van der Waals surface area contributed by atoms with Crippen LogP contribution in [0.5, 0.6) is 11.5 Å². The van der Waals surface area contributed by atoms with Gasteiger partial charge in [0.25, 0.3) is 0 Å². The zero-order chi connectivity index (χ0) is 18.8. The molecule has 0 radical (unpaired) electrons. The monoisotopic (exact) mass is 388 g/mol. The molecule has 1 saturated heterocycles. The summed E-state index contributed by atoms with van der Waals surface area (Å²) in [5.74, 6) is 0.819. The lowest BCUT2D eigenvalue weighted by molar-refractivity contribution is -0.136. The minimum Gasteiger partial charge on any atom is -0.504 e. The molecule has 3 heterocycles. The van der Waals surface area contributed by atoms with Gasteiger partial charge in [-0.25, -0.2) is 0 Å². The summed E-state index contributed by atoms with van der Waals surface area (Å²) < 4.78 is 11.1. The van der Waals surface area contributed by atoms with Gasteiger partial charge >= 0.3 is 0 Å². The zero-order valence-corrected chi connectivity index (χ0v) is 16.3. The number of amides is 1. The summed E-state index contributed by atoms with van der Waals surface area (Å²) in [5.41, 5.74) is 1.90. The molecule has 2 aromatic rings. The molecule has 2 aliphatic heterocycles. The van der Waals surface area contributed by atoms with Crippen LogP contribution in [0.3, 0.4) is 0 Å². The van der Waals surface area contributed by atoms with E-state index in [-0.39, 0.29) is 11.7 Å². The van der Waals surface area contributed by atoms with E-state index in [0.717, 1.165) is 16.0 Å². The Labute approximate surface area is 162 Å². The molecule has 0 aliphatic carbocycles. The van der Waals surface area contributed by atoms with Crippen LogP contribution >= 0.6 is 11.3 Å². The first-order valence-corrected chi connectivity index (χ1v) is 10.0. The fraction of sp³-hybridized carbons (Fsp3) is 0.450. The van der Waals surface area contributed by atoms with Crippen molar-refractivity contribution in [2.45, 2.75) is 13.5 Å². The third-order valence-electron chi connectivity index (χ3n) is 4.94. The van der Waals surface area contributed by atoms with E-state index >= 15 is 0 Å². The molecule has 4 rings (SSSR count). The highest BCUT2D eigenvalue weighted by molar-refractivity contribution is 7.15. The van der Waals surface area contributed by atoms with E-state index in [1.807, 2.05) is 4.90 Å². The molecule has 1 aromatic carbocycles. The second-order valence-electron chi connectivity index (χ2n) is 6.95. The Morgan fingerprint density at radius 3 is 2.74 bits per heavy atom. The Balaban J connectivity index is 1.53. The summed E-state index contributed by atoms with van der Waals surface area (Å²) in [7, 11) is 0. The number of carbonyl (C=O) groups is 1. The largest absolute Gasteiger partial charge is 0.504 e. The van der Waals surface area contributed by atoms with Gasteiger partial charge in [-0.15, -0.1) is 11.3 Å². The maximum atomic E-state index is 12.6. The summed E-state index contributed by atoms with van der Waals surface area (Å²) in [6, 6.07) is 7.97. The number of nitrogens with zero attached hydrogens (tertiary/aromatic N) is 2. The predicted octanol–water partition coefficient (Wildman–Crippen LogP) is 2.48. The maximum absolute atomic E-state index is 12.6. The summed E-state index contributed by atoms with van der Waals surface area (Å²) in [6.07, 6.45) is 0. The van der Waals surface area contributed by atoms with Crippen LogP contribution in [-0.2, 0) is 16.1 Å². The Hall–Kier alpha value is -2.09. The second-order valence-corrected chi connectivity index (χ2v) is 8.23. The number of phenols is 1. The van der Waals surface area contributed by atoms with Gasteiger partial charge in [-0.1, -0.05) is 0 Å². The molecular formula is C20H24N2O4S. The lowest BCUT2D eigenvalue weighted by atomic mass is 10.1. The first-order valence-electron chi connectivity index (χ1n) is 9.23. The molecular weight excluding hydrogens is 364 g/mol. The minimum absolute atomic E-state index is 0.121. The highest BCUT2D eigenvalue weighted by atomic mass is 32.1. The average Bonchev–Trinajstić information content (AvgIpc) is 2.99. The van der Waals surface area contributed by atoms with Crippen LogP contribution in [0.2, 0.25) is 0 Å². The van der Waals surface area contributed by atoms with Crippen molar-refractivity contribution >= 4 is 17.2 Å². The Morgan fingerprint density at radius 2 is 2.00 bits per heavy atom. The number of morpholine rings is 1. The summed E-state index contributed by atoms with van der Waals surface area (Å²) in [6.45, 7) is 6.63. The van der Waals surface area contributed by atoms with E-state index in [2.05, 4.69) is 30.0 Å². The van der Waals surface area contributed by atoms with Crippen LogP contribution < -0.4 is 4.74 Å².